The van der Waals surface area contributed by atoms with Crippen molar-refractivity contribution >= 4 is 36.0 Å². The molecule has 1 atom stereocenters. The molecule has 144 valence electrons. The average molecular weight is 393 g/mol. The van der Waals surface area contributed by atoms with Crippen molar-refractivity contribution in [3.63, 3.8) is 0 Å². The van der Waals surface area contributed by atoms with Gasteiger partial charge in [-0.2, -0.15) is 0 Å². The standard InChI is InChI=1S/C18H20N4O4.ClH/c23-15-4-3-14(16(24)20-15)22-17(25)12-2-1-11(9-13(12)18(22)26)10-21-7-5-19-6-8-21;/h1-2,9,14,19H,3-8,10H2,(H,20,23,24);1H. The normalized spacial score (nSPS) is 23.1. The Balaban J connectivity index is 0.00000210. The molecule has 1 aromatic rings. The van der Waals surface area contributed by atoms with Gasteiger partial charge in [-0.3, -0.25) is 34.3 Å². The Hall–Kier alpha value is -2.29. The second kappa shape index (κ2) is 7.75. The molecular formula is C18H21ClN4O4. The third kappa shape index (κ3) is 3.60. The number of nitrogens with zero attached hydrogens (tertiary/aromatic N) is 2. The summed E-state index contributed by atoms with van der Waals surface area (Å²) in [5.41, 5.74) is 1.63. The first-order valence-corrected chi connectivity index (χ1v) is 8.82. The fourth-order valence-corrected chi connectivity index (χ4v) is 3.74. The summed E-state index contributed by atoms with van der Waals surface area (Å²) in [5.74, 6) is -1.88. The van der Waals surface area contributed by atoms with Crippen LogP contribution in [0.1, 0.15) is 39.1 Å². The molecule has 4 rings (SSSR count). The maximum atomic E-state index is 12.8. The number of amides is 4. The molecule has 0 aromatic heterocycles. The van der Waals surface area contributed by atoms with E-state index < -0.39 is 23.8 Å². The number of hydrogen-bond acceptors (Lipinski definition) is 6. The van der Waals surface area contributed by atoms with E-state index in [2.05, 4.69) is 15.5 Å². The molecule has 2 N–H and O–H groups in total. The Morgan fingerprint density at radius 1 is 1.00 bits per heavy atom. The first kappa shape index (κ1) is 19.5. The van der Waals surface area contributed by atoms with Gasteiger partial charge in [0.1, 0.15) is 6.04 Å². The summed E-state index contributed by atoms with van der Waals surface area (Å²) in [6, 6.07) is 4.36. The van der Waals surface area contributed by atoms with Crippen LogP contribution >= 0.6 is 12.4 Å². The van der Waals surface area contributed by atoms with Crippen molar-refractivity contribution in [2.75, 3.05) is 26.2 Å². The highest BCUT2D eigenvalue weighted by Crippen LogP contribution is 2.28. The fraction of sp³-hybridized carbons (Fsp3) is 0.444. The number of carbonyl (C=O) groups excluding carboxylic acids is 4. The highest BCUT2D eigenvalue weighted by atomic mass is 35.5. The lowest BCUT2D eigenvalue weighted by atomic mass is 10.0. The van der Waals surface area contributed by atoms with Gasteiger partial charge in [0.2, 0.25) is 11.8 Å². The SMILES string of the molecule is Cl.O=C1CCC(N2C(=O)c3ccc(CN4CCNCC4)cc3C2=O)C(=O)N1. The van der Waals surface area contributed by atoms with Crippen molar-refractivity contribution in [2.24, 2.45) is 0 Å². The molecule has 0 saturated carbocycles. The van der Waals surface area contributed by atoms with E-state index in [9.17, 15) is 19.2 Å². The van der Waals surface area contributed by atoms with E-state index in [1.807, 2.05) is 6.07 Å². The van der Waals surface area contributed by atoms with E-state index >= 15 is 0 Å². The number of nitrogens with one attached hydrogen (secondary N) is 2. The molecule has 9 heteroatoms. The zero-order chi connectivity index (χ0) is 18.3. The van der Waals surface area contributed by atoms with Gasteiger partial charge in [0.15, 0.2) is 0 Å². The van der Waals surface area contributed by atoms with Gasteiger partial charge in [0.05, 0.1) is 11.1 Å². The van der Waals surface area contributed by atoms with E-state index in [4.69, 9.17) is 0 Å². The van der Waals surface area contributed by atoms with E-state index in [0.717, 1.165) is 43.2 Å². The number of benzene rings is 1. The number of halogens is 1. The van der Waals surface area contributed by atoms with E-state index in [-0.39, 0.29) is 31.2 Å². The molecule has 4 amide bonds. The zero-order valence-electron chi connectivity index (χ0n) is 14.7. The van der Waals surface area contributed by atoms with Gasteiger partial charge < -0.3 is 5.32 Å². The van der Waals surface area contributed by atoms with Gasteiger partial charge >= 0.3 is 0 Å². The van der Waals surface area contributed by atoms with Gasteiger partial charge in [-0.05, 0) is 24.1 Å². The zero-order valence-corrected chi connectivity index (χ0v) is 15.5. The number of fused-ring (bicyclic) bond motifs is 1. The third-order valence-electron chi connectivity index (χ3n) is 5.12. The lowest BCUT2D eigenvalue weighted by molar-refractivity contribution is -0.136. The number of piperazine rings is 1. The van der Waals surface area contributed by atoms with Crippen molar-refractivity contribution < 1.29 is 19.2 Å². The van der Waals surface area contributed by atoms with Crippen molar-refractivity contribution in [1.82, 2.24) is 20.4 Å². The Bertz CT molecular complexity index is 807. The fourth-order valence-electron chi connectivity index (χ4n) is 3.74. The summed E-state index contributed by atoms with van der Waals surface area (Å²) >= 11 is 0. The number of carbonyl (C=O) groups is 4. The molecule has 0 aliphatic carbocycles. The lowest BCUT2D eigenvalue weighted by Gasteiger charge is -2.27. The van der Waals surface area contributed by atoms with Crippen LogP contribution in [0.3, 0.4) is 0 Å². The summed E-state index contributed by atoms with van der Waals surface area (Å²) in [5, 5.41) is 5.50. The Morgan fingerprint density at radius 3 is 2.41 bits per heavy atom. The minimum atomic E-state index is -0.920. The number of piperidine rings is 1. The van der Waals surface area contributed by atoms with Crippen molar-refractivity contribution in [3.05, 3.63) is 34.9 Å². The molecule has 27 heavy (non-hydrogen) atoms. The number of imide groups is 2. The molecule has 0 radical (unpaired) electrons. The van der Waals surface area contributed by atoms with E-state index in [1.165, 1.54) is 0 Å². The van der Waals surface area contributed by atoms with Crippen LogP contribution in [0.4, 0.5) is 0 Å². The van der Waals surface area contributed by atoms with Crippen LogP contribution in [0.15, 0.2) is 18.2 Å². The van der Waals surface area contributed by atoms with Gasteiger partial charge in [-0.15, -0.1) is 12.4 Å². The average Bonchev–Trinajstić information content (AvgIpc) is 2.87. The van der Waals surface area contributed by atoms with Gasteiger partial charge in [-0.1, -0.05) is 6.07 Å². The van der Waals surface area contributed by atoms with Gasteiger partial charge in [-0.25, -0.2) is 0 Å². The number of rotatable bonds is 3. The van der Waals surface area contributed by atoms with Crippen LogP contribution in [0, 0.1) is 0 Å². The molecule has 1 aromatic carbocycles. The molecule has 0 spiro atoms. The Labute approximate surface area is 162 Å². The molecule has 3 heterocycles. The molecule has 1 unspecified atom stereocenters. The highest BCUT2D eigenvalue weighted by Gasteiger charge is 2.44. The van der Waals surface area contributed by atoms with Crippen LogP contribution in [0.25, 0.3) is 0 Å². The molecule has 3 aliphatic rings. The predicted molar refractivity (Wildman–Crippen MR) is 98.5 cm³/mol. The number of hydrogen-bond donors (Lipinski definition) is 2. The van der Waals surface area contributed by atoms with Crippen LogP contribution in [-0.2, 0) is 16.1 Å². The largest absolute Gasteiger partial charge is 0.314 e. The summed E-state index contributed by atoms with van der Waals surface area (Å²) < 4.78 is 0. The summed E-state index contributed by atoms with van der Waals surface area (Å²) in [4.78, 5) is 52.1. The molecule has 2 fully saturated rings. The Morgan fingerprint density at radius 2 is 1.70 bits per heavy atom. The monoisotopic (exact) mass is 392 g/mol. The third-order valence-corrected chi connectivity index (χ3v) is 5.12. The first-order valence-electron chi connectivity index (χ1n) is 8.82. The van der Waals surface area contributed by atoms with Crippen molar-refractivity contribution in [3.8, 4) is 0 Å². The van der Waals surface area contributed by atoms with Crippen molar-refractivity contribution in [2.45, 2.75) is 25.4 Å². The minimum Gasteiger partial charge on any atom is -0.314 e. The van der Waals surface area contributed by atoms with Gasteiger partial charge in [0.25, 0.3) is 11.8 Å². The second-order valence-corrected chi connectivity index (χ2v) is 6.85. The van der Waals surface area contributed by atoms with E-state index in [0.29, 0.717) is 11.1 Å². The summed E-state index contributed by atoms with van der Waals surface area (Å²) in [6.45, 7) is 4.46. The van der Waals surface area contributed by atoms with Crippen LogP contribution in [-0.4, -0.2) is 65.6 Å². The molecular weight excluding hydrogens is 372 g/mol. The first-order chi connectivity index (χ1) is 12.5. The summed E-state index contributed by atoms with van der Waals surface area (Å²) in [7, 11) is 0. The quantitative estimate of drug-likeness (QED) is 0.698. The van der Waals surface area contributed by atoms with E-state index in [1.54, 1.807) is 12.1 Å². The topological polar surface area (TPSA) is 98.8 Å². The minimum absolute atomic E-state index is 0. The maximum absolute atomic E-state index is 12.8. The molecule has 8 nitrogen and oxygen atoms in total. The van der Waals surface area contributed by atoms with Crippen LogP contribution in [0.5, 0.6) is 0 Å². The van der Waals surface area contributed by atoms with Crippen LogP contribution in [0.2, 0.25) is 0 Å². The Kier molecular flexibility index (Phi) is 5.59. The van der Waals surface area contributed by atoms with Gasteiger partial charge in [0, 0.05) is 39.1 Å². The van der Waals surface area contributed by atoms with Crippen LogP contribution < -0.4 is 10.6 Å². The highest BCUT2D eigenvalue weighted by molar-refractivity contribution is 6.23. The predicted octanol–water partition coefficient (Wildman–Crippen LogP) is -0.0852. The molecule has 3 aliphatic heterocycles. The summed E-state index contributed by atoms with van der Waals surface area (Å²) in [6.07, 6.45) is 0.293. The molecule has 2 saturated heterocycles. The second-order valence-electron chi connectivity index (χ2n) is 6.85. The smallest absolute Gasteiger partial charge is 0.262 e. The van der Waals surface area contributed by atoms with Crippen molar-refractivity contribution in [1.29, 1.82) is 0 Å². The molecule has 0 bridgehead atoms. The lowest BCUT2D eigenvalue weighted by Crippen LogP contribution is -2.54. The maximum Gasteiger partial charge on any atom is 0.262 e.